The molecule has 0 radical (unpaired) electrons. The molecule has 0 bridgehead atoms. The molecular formula is C30H43B2NO7S. The van der Waals surface area contributed by atoms with Crippen LogP contribution in [0.4, 0.5) is 0 Å². The van der Waals surface area contributed by atoms with Crippen LogP contribution in [0.2, 0.25) is 0 Å². The van der Waals surface area contributed by atoms with E-state index in [0.717, 1.165) is 0 Å². The van der Waals surface area contributed by atoms with Gasteiger partial charge in [-0.15, -0.1) is 0 Å². The van der Waals surface area contributed by atoms with Crippen molar-refractivity contribution < 1.29 is 32.4 Å². The lowest BCUT2D eigenvalue weighted by Gasteiger charge is -2.32. The predicted octanol–water partition coefficient (Wildman–Crippen LogP) is 4.37. The molecule has 0 aromatic heterocycles. The van der Waals surface area contributed by atoms with Gasteiger partial charge in [0, 0.05) is 0 Å². The Labute approximate surface area is 246 Å². The van der Waals surface area contributed by atoms with E-state index in [-0.39, 0.29) is 19.1 Å². The Kier molecular flexibility index (Phi) is 8.64. The van der Waals surface area contributed by atoms with E-state index < -0.39 is 52.3 Å². The first kappa shape index (κ1) is 31.8. The average Bonchev–Trinajstić information content (AvgIpc) is 3.25. The van der Waals surface area contributed by atoms with Gasteiger partial charge in [-0.05, 0) is 96.5 Å². The van der Waals surface area contributed by atoms with Gasteiger partial charge in [-0.3, -0.25) is 4.79 Å². The number of carbonyl (C=O) groups is 1. The fourth-order valence-corrected chi connectivity index (χ4v) is 6.33. The minimum absolute atomic E-state index is 0.177. The number of rotatable bonds is 8. The van der Waals surface area contributed by atoms with Crippen molar-refractivity contribution in [3.8, 4) is 0 Å². The lowest BCUT2D eigenvalue weighted by atomic mass is 9.79. The highest BCUT2D eigenvalue weighted by Gasteiger charge is 2.53. The highest BCUT2D eigenvalue weighted by atomic mass is 32.2. The number of hydrogen-bond donors (Lipinski definition) is 0. The summed E-state index contributed by atoms with van der Waals surface area (Å²) in [5.74, 6) is -0.354. The molecule has 222 valence electrons. The van der Waals surface area contributed by atoms with E-state index in [9.17, 15) is 9.00 Å². The molecule has 0 atom stereocenters. The second-order valence-electron chi connectivity index (χ2n) is 13.2. The van der Waals surface area contributed by atoms with Crippen molar-refractivity contribution in [3.05, 3.63) is 48.5 Å². The Bertz CT molecular complexity index is 1300. The summed E-state index contributed by atoms with van der Waals surface area (Å²) < 4.78 is 49.8. The van der Waals surface area contributed by atoms with Crippen molar-refractivity contribution in [2.75, 3.05) is 13.2 Å². The Hall–Kier alpha value is -2.17. The Morgan fingerprint density at radius 3 is 1.54 bits per heavy atom. The first-order chi connectivity index (χ1) is 18.9. The van der Waals surface area contributed by atoms with Crippen LogP contribution in [0.3, 0.4) is 0 Å². The van der Waals surface area contributed by atoms with Crippen molar-refractivity contribution in [2.24, 2.45) is 10.3 Å². The largest absolute Gasteiger partial charge is 0.494 e. The summed E-state index contributed by atoms with van der Waals surface area (Å²) >= 11 is 0. The molecule has 2 heterocycles. The maximum atomic E-state index is 14.9. The number of carbonyl (C=O) groups excluding carboxylic acids is 1. The third-order valence-corrected chi connectivity index (χ3v) is 10.6. The van der Waals surface area contributed by atoms with Crippen LogP contribution >= 0.6 is 0 Å². The van der Waals surface area contributed by atoms with E-state index in [0.29, 0.717) is 20.7 Å². The summed E-state index contributed by atoms with van der Waals surface area (Å²) in [6.07, 6.45) is 0. The number of hydrogen-bond acceptors (Lipinski definition) is 8. The van der Waals surface area contributed by atoms with Crippen LogP contribution in [0.1, 0.15) is 69.2 Å². The molecule has 2 saturated heterocycles. The molecule has 0 aliphatic carbocycles. The first-order valence-electron chi connectivity index (χ1n) is 14.2. The molecule has 0 spiro atoms. The van der Waals surface area contributed by atoms with Gasteiger partial charge in [0.15, 0.2) is 0 Å². The number of benzene rings is 2. The highest BCUT2D eigenvalue weighted by molar-refractivity contribution is 7.93. The van der Waals surface area contributed by atoms with E-state index in [2.05, 4.69) is 4.36 Å². The molecule has 0 N–H and O–H groups in total. The SMILES string of the molecule is CC(C)COC(=O)CN=S(=O)(c1cccc(B2OC(C)(C)C(C)(C)O2)c1)c1cccc(B2OC(C)(C)C(C)(C)O2)c1. The lowest BCUT2D eigenvalue weighted by Crippen LogP contribution is -2.41. The fourth-order valence-electron chi connectivity index (χ4n) is 4.36. The minimum Gasteiger partial charge on any atom is -0.464 e. The summed E-state index contributed by atoms with van der Waals surface area (Å²) in [6.45, 7) is 19.7. The highest BCUT2D eigenvalue weighted by Crippen LogP contribution is 2.38. The van der Waals surface area contributed by atoms with Crippen LogP contribution in [0, 0.1) is 5.92 Å². The van der Waals surface area contributed by atoms with Gasteiger partial charge in [-0.2, -0.15) is 0 Å². The molecule has 2 aliphatic rings. The molecule has 2 aliphatic heterocycles. The van der Waals surface area contributed by atoms with Gasteiger partial charge < -0.3 is 23.4 Å². The molecule has 41 heavy (non-hydrogen) atoms. The van der Waals surface area contributed by atoms with E-state index in [1.165, 1.54) is 0 Å². The second kappa shape index (κ2) is 11.2. The second-order valence-corrected chi connectivity index (χ2v) is 15.5. The zero-order valence-corrected chi connectivity index (χ0v) is 26.8. The molecular weight excluding hydrogens is 540 g/mol. The summed E-state index contributed by atoms with van der Waals surface area (Å²) in [4.78, 5) is 13.4. The zero-order chi connectivity index (χ0) is 30.4. The minimum atomic E-state index is -3.30. The Morgan fingerprint density at radius 2 is 1.17 bits per heavy atom. The third-order valence-electron chi connectivity index (χ3n) is 8.36. The smallest absolute Gasteiger partial charge is 0.464 e. The molecule has 8 nitrogen and oxygen atoms in total. The lowest BCUT2D eigenvalue weighted by molar-refractivity contribution is -0.142. The average molecular weight is 583 g/mol. The molecule has 2 fully saturated rings. The third kappa shape index (κ3) is 6.44. The summed E-state index contributed by atoms with van der Waals surface area (Å²) in [7, 11) is -4.58. The summed E-state index contributed by atoms with van der Waals surface area (Å²) in [5, 5.41) is 0. The van der Waals surface area contributed by atoms with Gasteiger partial charge in [0.05, 0.1) is 38.8 Å². The Morgan fingerprint density at radius 1 is 0.780 bits per heavy atom. The van der Waals surface area contributed by atoms with Crippen LogP contribution in [-0.4, -0.2) is 60.0 Å². The van der Waals surface area contributed by atoms with Gasteiger partial charge in [0.1, 0.15) is 16.3 Å². The van der Waals surface area contributed by atoms with Crippen LogP contribution in [0.15, 0.2) is 62.7 Å². The van der Waals surface area contributed by atoms with E-state index in [1.54, 1.807) is 36.4 Å². The van der Waals surface area contributed by atoms with Gasteiger partial charge >= 0.3 is 20.2 Å². The van der Waals surface area contributed by atoms with Crippen molar-refractivity contribution in [1.82, 2.24) is 0 Å². The quantitative estimate of drug-likeness (QED) is 0.337. The maximum Gasteiger partial charge on any atom is 0.494 e. The normalized spacial score (nSPS) is 20.9. The molecule has 0 unspecified atom stereocenters. The van der Waals surface area contributed by atoms with E-state index >= 15 is 0 Å². The topological polar surface area (TPSA) is 92.7 Å². The predicted molar refractivity (Wildman–Crippen MR) is 162 cm³/mol. The van der Waals surface area contributed by atoms with Crippen LogP contribution in [0.5, 0.6) is 0 Å². The molecule has 2 aromatic carbocycles. The van der Waals surface area contributed by atoms with Crippen molar-refractivity contribution in [2.45, 2.75) is 101 Å². The van der Waals surface area contributed by atoms with E-state index in [4.69, 9.17) is 23.4 Å². The van der Waals surface area contributed by atoms with Gasteiger partial charge in [-0.25, -0.2) is 8.57 Å². The molecule has 0 amide bonds. The van der Waals surface area contributed by atoms with Gasteiger partial charge in [0.25, 0.3) is 0 Å². The molecule has 0 saturated carbocycles. The van der Waals surface area contributed by atoms with Gasteiger partial charge in [-0.1, -0.05) is 38.1 Å². The van der Waals surface area contributed by atoms with Gasteiger partial charge in [0.2, 0.25) is 0 Å². The Balaban J connectivity index is 1.76. The maximum absolute atomic E-state index is 14.9. The van der Waals surface area contributed by atoms with Crippen molar-refractivity contribution >= 4 is 40.9 Å². The molecule has 2 aromatic rings. The summed E-state index contributed by atoms with van der Waals surface area (Å²) in [6, 6.07) is 14.4. The number of ether oxygens (including phenoxy) is 1. The van der Waals surface area contributed by atoms with Crippen LogP contribution in [-0.2, 0) is 37.9 Å². The fraction of sp³-hybridized carbons (Fsp3) is 0.567. The first-order valence-corrected chi connectivity index (χ1v) is 15.7. The van der Waals surface area contributed by atoms with E-state index in [1.807, 2.05) is 81.4 Å². The number of nitrogens with zero attached hydrogens (tertiary/aromatic N) is 1. The monoisotopic (exact) mass is 583 g/mol. The standard InChI is InChI=1S/C30H43B2NO7S/c1-21(2)20-36-26(34)19-33-41(35,24-15-11-13-22(17-24)31-37-27(3,4)28(5,6)38-31)25-16-12-14-23(18-25)32-39-29(7,8)30(9,10)40-32/h11-18,21H,19-20H2,1-10H3. The van der Waals surface area contributed by atoms with Crippen LogP contribution < -0.4 is 10.9 Å². The number of esters is 1. The molecule has 11 heteroatoms. The zero-order valence-electron chi connectivity index (χ0n) is 26.0. The van der Waals surface area contributed by atoms with Crippen molar-refractivity contribution in [3.63, 3.8) is 0 Å². The summed E-state index contributed by atoms with van der Waals surface area (Å²) in [5.41, 5.74) is -0.691. The van der Waals surface area contributed by atoms with Crippen molar-refractivity contribution in [1.29, 1.82) is 0 Å². The van der Waals surface area contributed by atoms with Crippen LogP contribution in [0.25, 0.3) is 0 Å². The molecule has 4 rings (SSSR count).